The van der Waals surface area contributed by atoms with Crippen LogP contribution in [0.4, 0.5) is 5.69 Å². The van der Waals surface area contributed by atoms with E-state index in [1.54, 1.807) is 12.0 Å². The number of unbranched alkanes of at least 4 members (excludes halogenated alkanes) is 2. The predicted octanol–water partition coefficient (Wildman–Crippen LogP) is 5.06. The standard InChI is InChI=1S/C26H35NO4/c1-3-4-5-6-22(19-31-18-20-7-14-25(30-2)15-8-20)21-9-11-23(12-10-21)27-24(17-28)13-16-26(27)29/h7-12,14-15,22,24,28H,3-6,13,16-19H2,1-2H3/t22-,24-/m1/s1. The minimum atomic E-state index is -0.105. The first-order valence-electron chi connectivity index (χ1n) is 11.4. The van der Waals surface area contributed by atoms with Crippen molar-refractivity contribution in [1.82, 2.24) is 0 Å². The third-order valence-electron chi connectivity index (χ3n) is 6.08. The number of aliphatic hydroxyl groups excluding tert-OH is 1. The fourth-order valence-electron chi connectivity index (χ4n) is 4.21. The Hall–Kier alpha value is -2.37. The highest BCUT2D eigenvalue weighted by Gasteiger charge is 2.31. The van der Waals surface area contributed by atoms with Crippen molar-refractivity contribution in [3.05, 3.63) is 59.7 Å². The van der Waals surface area contributed by atoms with Crippen LogP contribution in [0.2, 0.25) is 0 Å². The summed E-state index contributed by atoms with van der Waals surface area (Å²) >= 11 is 0. The molecule has 0 unspecified atom stereocenters. The maximum absolute atomic E-state index is 12.2. The lowest BCUT2D eigenvalue weighted by atomic mass is 9.93. The van der Waals surface area contributed by atoms with E-state index < -0.39 is 0 Å². The van der Waals surface area contributed by atoms with Crippen LogP contribution in [0.1, 0.15) is 62.5 Å². The Morgan fingerprint density at radius 2 is 1.84 bits per heavy atom. The summed E-state index contributed by atoms with van der Waals surface area (Å²) in [5.74, 6) is 1.26. The van der Waals surface area contributed by atoms with Gasteiger partial charge in [0.2, 0.25) is 5.91 Å². The van der Waals surface area contributed by atoms with Gasteiger partial charge >= 0.3 is 0 Å². The minimum Gasteiger partial charge on any atom is -0.497 e. The fourth-order valence-corrected chi connectivity index (χ4v) is 4.21. The number of carbonyl (C=O) groups is 1. The van der Waals surface area contributed by atoms with E-state index in [1.165, 1.54) is 24.8 Å². The number of benzene rings is 2. The van der Waals surface area contributed by atoms with Gasteiger partial charge in [0.25, 0.3) is 0 Å². The first-order valence-corrected chi connectivity index (χ1v) is 11.4. The van der Waals surface area contributed by atoms with Crippen molar-refractivity contribution in [3.8, 4) is 5.75 Å². The van der Waals surface area contributed by atoms with Crippen molar-refractivity contribution in [3.63, 3.8) is 0 Å². The Bertz CT molecular complexity index is 803. The van der Waals surface area contributed by atoms with Crippen molar-refractivity contribution in [2.24, 2.45) is 0 Å². The molecule has 3 rings (SSSR count). The largest absolute Gasteiger partial charge is 0.497 e. The molecule has 0 radical (unpaired) electrons. The lowest BCUT2D eigenvalue weighted by Crippen LogP contribution is -2.35. The third-order valence-corrected chi connectivity index (χ3v) is 6.08. The molecule has 1 saturated heterocycles. The number of anilines is 1. The van der Waals surface area contributed by atoms with E-state index in [1.807, 2.05) is 36.4 Å². The molecule has 0 saturated carbocycles. The topological polar surface area (TPSA) is 59.0 Å². The van der Waals surface area contributed by atoms with Crippen molar-refractivity contribution >= 4 is 11.6 Å². The van der Waals surface area contributed by atoms with Crippen LogP contribution in [0.15, 0.2) is 48.5 Å². The van der Waals surface area contributed by atoms with Crippen molar-refractivity contribution < 1.29 is 19.4 Å². The molecular formula is C26H35NO4. The second-order valence-corrected chi connectivity index (χ2v) is 8.29. The van der Waals surface area contributed by atoms with Gasteiger partial charge in [0.05, 0.1) is 33.0 Å². The van der Waals surface area contributed by atoms with Gasteiger partial charge in [0, 0.05) is 18.0 Å². The van der Waals surface area contributed by atoms with Crippen LogP contribution in [0.25, 0.3) is 0 Å². The fraction of sp³-hybridized carbons (Fsp3) is 0.500. The monoisotopic (exact) mass is 425 g/mol. The Morgan fingerprint density at radius 1 is 1.10 bits per heavy atom. The molecule has 2 aromatic carbocycles. The summed E-state index contributed by atoms with van der Waals surface area (Å²) in [6, 6.07) is 16.1. The highest BCUT2D eigenvalue weighted by atomic mass is 16.5. The second-order valence-electron chi connectivity index (χ2n) is 8.29. The van der Waals surface area contributed by atoms with Gasteiger partial charge in [-0.3, -0.25) is 4.79 Å². The van der Waals surface area contributed by atoms with E-state index in [0.717, 1.165) is 29.8 Å². The maximum Gasteiger partial charge on any atom is 0.227 e. The van der Waals surface area contributed by atoms with Crippen LogP contribution >= 0.6 is 0 Å². The van der Waals surface area contributed by atoms with Gasteiger partial charge in [-0.25, -0.2) is 0 Å². The molecule has 1 aliphatic rings. The van der Waals surface area contributed by atoms with Gasteiger partial charge in [-0.05, 0) is 48.2 Å². The third kappa shape index (κ3) is 6.31. The number of ether oxygens (including phenoxy) is 2. The van der Waals surface area contributed by atoms with Crippen molar-refractivity contribution in [2.45, 2.75) is 64.0 Å². The molecule has 1 N–H and O–H groups in total. The first-order chi connectivity index (χ1) is 15.2. The van der Waals surface area contributed by atoms with E-state index in [9.17, 15) is 9.90 Å². The average Bonchev–Trinajstić information content (AvgIpc) is 3.19. The minimum absolute atomic E-state index is 0.00628. The Morgan fingerprint density at radius 3 is 2.48 bits per heavy atom. The summed E-state index contributed by atoms with van der Waals surface area (Å²) < 4.78 is 11.3. The summed E-state index contributed by atoms with van der Waals surface area (Å²) in [6.07, 6.45) is 5.89. The molecule has 0 aromatic heterocycles. The molecule has 1 aliphatic heterocycles. The lowest BCUT2D eigenvalue weighted by molar-refractivity contribution is -0.117. The molecule has 5 heteroatoms. The Labute approximate surface area is 186 Å². The van der Waals surface area contributed by atoms with E-state index in [4.69, 9.17) is 9.47 Å². The van der Waals surface area contributed by atoms with Crippen LogP contribution < -0.4 is 9.64 Å². The van der Waals surface area contributed by atoms with Gasteiger partial charge in [-0.15, -0.1) is 0 Å². The number of nitrogens with zero attached hydrogens (tertiary/aromatic N) is 1. The zero-order chi connectivity index (χ0) is 22.1. The summed E-state index contributed by atoms with van der Waals surface area (Å²) in [5, 5.41) is 9.58. The number of amides is 1. The van der Waals surface area contributed by atoms with Crippen LogP contribution in [0.3, 0.4) is 0 Å². The molecule has 1 amide bonds. The Balaban J connectivity index is 1.63. The molecule has 2 aromatic rings. The zero-order valence-corrected chi connectivity index (χ0v) is 18.8. The summed E-state index contributed by atoms with van der Waals surface area (Å²) in [7, 11) is 1.67. The molecule has 31 heavy (non-hydrogen) atoms. The van der Waals surface area contributed by atoms with E-state index in [2.05, 4.69) is 19.1 Å². The average molecular weight is 426 g/mol. The normalized spacial score (nSPS) is 17.2. The zero-order valence-electron chi connectivity index (χ0n) is 18.8. The van der Waals surface area contributed by atoms with Crippen LogP contribution in [-0.2, 0) is 16.1 Å². The van der Waals surface area contributed by atoms with Gasteiger partial charge in [-0.1, -0.05) is 50.5 Å². The van der Waals surface area contributed by atoms with E-state index in [-0.39, 0.29) is 18.6 Å². The quantitative estimate of drug-likeness (QED) is 0.483. The van der Waals surface area contributed by atoms with Gasteiger partial charge < -0.3 is 19.5 Å². The SMILES string of the molecule is CCCCC[C@H](COCc1ccc(OC)cc1)c1ccc(N2C(=O)CC[C@@H]2CO)cc1. The number of hydrogen-bond acceptors (Lipinski definition) is 4. The number of rotatable bonds is 12. The summed E-state index contributed by atoms with van der Waals surface area (Å²) in [6.45, 7) is 3.46. The second kappa shape index (κ2) is 11.9. The Kier molecular flexibility index (Phi) is 8.92. The number of hydrogen-bond donors (Lipinski definition) is 1. The van der Waals surface area contributed by atoms with Crippen LogP contribution in [-0.4, -0.2) is 37.4 Å². The van der Waals surface area contributed by atoms with Crippen LogP contribution in [0.5, 0.6) is 5.75 Å². The molecule has 2 atom stereocenters. The highest BCUT2D eigenvalue weighted by molar-refractivity contribution is 5.96. The molecular weight excluding hydrogens is 390 g/mol. The molecule has 0 bridgehead atoms. The smallest absolute Gasteiger partial charge is 0.227 e. The number of aliphatic hydroxyl groups is 1. The molecule has 1 heterocycles. The predicted molar refractivity (Wildman–Crippen MR) is 124 cm³/mol. The van der Waals surface area contributed by atoms with Crippen molar-refractivity contribution in [2.75, 3.05) is 25.2 Å². The summed E-state index contributed by atoms with van der Waals surface area (Å²) in [5.41, 5.74) is 3.24. The van der Waals surface area contributed by atoms with Crippen molar-refractivity contribution in [1.29, 1.82) is 0 Å². The highest BCUT2D eigenvalue weighted by Crippen LogP contribution is 2.30. The number of carbonyl (C=O) groups excluding carboxylic acids is 1. The molecule has 0 aliphatic carbocycles. The van der Waals surface area contributed by atoms with Gasteiger partial charge in [0.1, 0.15) is 5.75 Å². The molecule has 168 valence electrons. The molecule has 5 nitrogen and oxygen atoms in total. The molecule has 0 spiro atoms. The van der Waals surface area contributed by atoms with E-state index in [0.29, 0.717) is 25.6 Å². The van der Waals surface area contributed by atoms with Gasteiger partial charge in [0.15, 0.2) is 0 Å². The number of methoxy groups -OCH3 is 1. The lowest BCUT2D eigenvalue weighted by Gasteiger charge is -2.24. The molecule has 1 fully saturated rings. The van der Waals surface area contributed by atoms with Crippen LogP contribution in [0, 0.1) is 0 Å². The first kappa shape index (κ1) is 23.3. The maximum atomic E-state index is 12.2. The van der Waals surface area contributed by atoms with E-state index >= 15 is 0 Å². The van der Waals surface area contributed by atoms with Gasteiger partial charge in [-0.2, -0.15) is 0 Å². The summed E-state index contributed by atoms with van der Waals surface area (Å²) in [4.78, 5) is 14.0.